The highest BCUT2D eigenvalue weighted by Crippen LogP contribution is 2.46. The van der Waals surface area contributed by atoms with E-state index in [0.29, 0.717) is 57.5 Å². The van der Waals surface area contributed by atoms with Gasteiger partial charge in [0.2, 0.25) is 0 Å². The van der Waals surface area contributed by atoms with Crippen molar-refractivity contribution in [2.45, 2.75) is 67.0 Å². The second kappa shape index (κ2) is 14.9. The number of rotatable bonds is 10. The number of aryl methyl sites for hydroxylation is 6. The molecule has 1 aliphatic rings. The van der Waals surface area contributed by atoms with Crippen molar-refractivity contribution in [2.75, 3.05) is 18.1 Å². The highest BCUT2D eigenvalue weighted by molar-refractivity contribution is 6.35. The van der Waals surface area contributed by atoms with Gasteiger partial charge >= 0.3 is 5.97 Å². The molecule has 0 saturated carbocycles. The first-order valence-corrected chi connectivity index (χ1v) is 20.0. The summed E-state index contributed by atoms with van der Waals surface area (Å²) in [5, 5.41) is 28.9. The zero-order valence-electron chi connectivity index (χ0n) is 33.4. The first-order valence-electron chi connectivity index (χ1n) is 19.2. The molecule has 0 spiro atoms. The maximum absolute atomic E-state index is 15.4. The molecule has 13 heteroatoms. The SMILES string of the molecule is Cc1cccc(Cn2c(C(=O)O)cc3cc(O)cc(N4CC(C)n5c(c(CCCOc6cc(C)c(Cl)c(C)c6)c6ccc(Cl)c(-c7c(C)nn(C)c7C)c65)C4=O)c32)n1. The molecule has 8 rings (SSSR count). The van der Waals surface area contributed by atoms with Gasteiger partial charge in [0.05, 0.1) is 46.3 Å². The molecule has 3 aromatic carbocycles. The predicted octanol–water partition coefficient (Wildman–Crippen LogP) is 9.93. The number of hydrogen-bond acceptors (Lipinski definition) is 6. The molecular weight excluding hydrogens is 775 g/mol. The summed E-state index contributed by atoms with van der Waals surface area (Å²) in [6.07, 6.45) is 1.11. The van der Waals surface area contributed by atoms with Crippen LogP contribution < -0.4 is 9.64 Å². The highest BCUT2D eigenvalue weighted by atomic mass is 35.5. The number of aromatic hydroxyl groups is 1. The lowest BCUT2D eigenvalue weighted by molar-refractivity contribution is 0.0686. The summed E-state index contributed by atoms with van der Waals surface area (Å²) in [5.41, 5.74) is 9.98. The van der Waals surface area contributed by atoms with Crippen molar-refractivity contribution in [3.8, 4) is 22.6 Å². The molecule has 2 N–H and O–H groups in total. The van der Waals surface area contributed by atoms with Crippen LogP contribution >= 0.6 is 23.2 Å². The molecule has 5 heterocycles. The molecule has 11 nitrogen and oxygen atoms in total. The lowest BCUT2D eigenvalue weighted by atomic mass is 9.98. The van der Waals surface area contributed by atoms with Crippen molar-refractivity contribution in [3.05, 3.63) is 122 Å². The van der Waals surface area contributed by atoms with E-state index in [1.807, 2.05) is 88.8 Å². The van der Waals surface area contributed by atoms with Gasteiger partial charge in [-0.3, -0.25) is 14.5 Å². The maximum atomic E-state index is 15.4. The Balaban J connectivity index is 1.30. The first-order chi connectivity index (χ1) is 27.6. The fraction of sp³-hybridized carbons (Fsp3) is 0.289. The number of aromatic carboxylic acids is 1. The van der Waals surface area contributed by atoms with Crippen LogP contribution in [-0.4, -0.2) is 59.1 Å². The van der Waals surface area contributed by atoms with E-state index in [0.717, 1.165) is 61.6 Å². The minimum Gasteiger partial charge on any atom is -0.508 e. The Morgan fingerprint density at radius 3 is 2.38 bits per heavy atom. The Bertz CT molecular complexity index is 2810. The summed E-state index contributed by atoms with van der Waals surface area (Å²) in [6.45, 7) is 12.6. The standard InChI is InChI=1S/C45H44Cl2N6O5/c1-23-16-32(17-24(2)40(23)47)58-15-9-12-33-34-13-14-35(46)39(38-27(5)49-50(7)28(38)6)42(34)53-26(4)21-52(44(55)43(33)53)36-20-31(54)18-29-19-37(45(56)57)51(41(29)36)22-30-11-8-10-25(3)48-30/h8,10-11,13-14,16-20,26,54H,9,12,15,21-22H2,1-7H3,(H,56,57). The molecule has 1 aliphatic heterocycles. The Kier molecular flexibility index (Phi) is 10.0. The third-order valence-corrected chi connectivity index (χ3v) is 12.2. The van der Waals surface area contributed by atoms with E-state index >= 15 is 4.79 Å². The van der Waals surface area contributed by atoms with Crippen molar-refractivity contribution >= 4 is 62.6 Å². The van der Waals surface area contributed by atoms with E-state index in [2.05, 4.69) is 16.5 Å². The zero-order chi connectivity index (χ0) is 41.3. The third kappa shape index (κ3) is 6.56. The van der Waals surface area contributed by atoms with Gasteiger partial charge in [-0.15, -0.1) is 0 Å². The van der Waals surface area contributed by atoms with Gasteiger partial charge in [0, 0.05) is 64.0 Å². The van der Waals surface area contributed by atoms with Gasteiger partial charge in [0.15, 0.2) is 0 Å². The van der Waals surface area contributed by atoms with E-state index in [1.165, 1.54) is 12.1 Å². The van der Waals surface area contributed by atoms with Crippen molar-refractivity contribution in [2.24, 2.45) is 7.05 Å². The van der Waals surface area contributed by atoms with Crippen LogP contribution in [0, 0.1) is 34.6 Å². The summed E-state index contributed by atoms with van der Waals surface area (Å²) in [5.74, 6) is -0.765. The molecule has 0 radical (unpaired) electrons. The van der Waals surface area contributed by atoms with Gasteiger partial charge < -0.3 is 29.0 Å². The van der Waals surface area contributed by atoms with E-state index in [-0.39, 0.29) is 36.5 Å². The van der Waals surface area contributed by atoms with Gasteiger partial charge in [0.25, 0.3) is 5.91 Å². The van der Waals surface area contributed by atoms with Crippen LogP contribution in [0.3, 0.4) is 0 Å². The van der Waals surface area contributed by atoms with Crippen molar-refractivity contribution in [1.29, 1.82) is 0 Å². The molecule has 298 valence electrons. The number of ether oxygens (including phenoxy) is 1. The van der Waals surface area contributed by atoms with E-state index in [1.54, 1.807) is 15.5 Å². The molecular formula is C45H44Cl2N6O5. The number of nitrogens with zero attached hydrogens (tertiary/aromatic N) is 6. The van der Waals surface area contributed by atoms with Crippen molar-refractivity contribution in [3.63, 3.8) is 0 Å². The van der Waals surface area contributed by atoms with Gasteiger partial charge in [-0.2, -0.15) is 5.10 Å². The monoisotopic (exact) mass is 818 g/mol. The Morgan fingerprint density at radius 1 is 0.966 bits per heavy atom. The van der Waals surface area contributed by atoms with Crippen LogP contribution in [-0.2, 0) is 20.0 Å². The quantitative estimate of drug-likeness (QED) is 0.132. The average Bonchev–Trinajstić information content (AvgIpc) is 3.78. The zero-order valence-corrected chi connectivity index (χ0v) is 35.0. The third-order valence-electron chi connectivity index (χ3n) is 11.3. The number of benzene rings is 3. The number of carboxylic acid groups (broad SMARTS) is 1. The van der Waals surface area contributed by atoms with Crippen LogP contribution in [0.4, 0.5) is 5.69 Å². The van der Waals surface area contributed by atoms with Crippen molar-refractivity contribution in [1.82, 2.24) is 23.9 Å². The molecule has 0 fully saturated rings. The number of carbonyl (C=O) groups is 2. The summed E-state index contributed by atoms with van der Waals surface area (Å²) in [7, 11) is 1.91. The highest BCUT2D eigenvalue weighted by Gasteiger charge is 2.38. The number of halogens is 2. The summed E-state index contributed by atoms with van der Waals surface area (Å²) in [6, 6.07) is 17.7. The predicted molar refractivity (Wildman–Crippen MR) is 228 cm³/mol. The van der Waals surface area contributed by atoms with Gasteiger partial charge in [-0.25, -0.2) is 4.79 Å². The van der Waals surface area contributed by atoms with E-state index < -0.39 is 5.97 Å². The molecule has 7 aromatic rings. The number of amides is 1. The number of hydrogen-bond donors (Lipinski definition) is 2. The molecule has 4 aromatic heterocycles. The molecule has 0 saturated heterocycles. The normalized spacial score (nSPS) is 14.2. The van der Waals surface area contributed by atoms with Crippen LogP contribution in [0.5, 0.6) is 11.5 Å². The average molecular weight is 820 g/mol. The topological polar surface area (TPSA) is 128 Å². The number of anilines is 1. The number of pyridine rings is 1. The number of carbonyl (C=O) groups excluding carboxylic acids is 1. The Hall–Kier alpha value is -5.78. The summed E-state index contributed by atoms with van der Waals surface area (Å²) in [4.78, 5) is 34.4. The van der Waals surface area contributed by atoms with Gasteiger partial charge in [-0.05, 0) is 114 Å². The first kappa shape index (κ1) is 39.1. The number of fused-ring (bicyclic) bond motifs is 4. The molecule has 1 amide bonds. The molecule has 1 unspecified atom stereocenters. The number of phenolic OH excluding ortho intramolecular Hbond substituents is 1. The van der Waals surface area contributed by atoms with Crippen LogP contribution in [0.1, 0.15) is 79.8 Å². The molecule has 0 aliphatic carbocycles. The summed E-state index contributed by atoms with van der Waals surface area (Å²) < 4.78 is 11.9. The largest absolute Gasteiger partial charge is 0.508 e. The smallest absolute Gasteiger partial charge is 0.352 e. The fourth-order valence-corrected chi connectivity index (χ4v) is 9.07. The lowest BCUT2D eigenvalue weighted by Gasteiger charge is -2.35. The fourth-order valence-electron chi connectivity index (χ4n) is 8.71. The Morgan fingerprint density at radius 2 is 1.71 bits per heavy atom. The molecule has 0 bridgehead atoms. The van der Waals surface area contributed by atoms with Gasteiger partial charge in [-0.1, -0.05) is 35.3 Å². The second-order valence-electron chi connectivity index (χ2n) is 15.4. The van der Waals surface area contributed by atoms with Crippen molar-refractivity contribution < 1.29 is 24.5 Å². The van der Waals surface area contributed by atoms with E-state index in [4.69, 9.17) is 33.0 Å². The molecule has 1 atom stereocenters. The number of carboxylic acids is 1. The summed E-state index contributed by atoms with van der Waals surface area (Å²) >= 11 is 13.6. The van der Waals surface area contributed by atoms with Crippen LogP contribution in [0.25, 0.3) is 32.9 Å². The Labute approximate surface area is 346 Å². The maximum Gasteiger partial charge on any atom is 0.352 e. The minimum atomic E-state index is -1.13. The van der Waals surface area contributed by atoms with E-state index in [9.17, 15) is 15.0 Å². The second-order valence-corrected chi connectivity index (χ2v) is 16.2. The number of aromatic nitrogens is 5. The number of phenols is 1. The van der Waals surface area contributed by atoms with Crippen LogP contribution in [0.15, 0.2) is 60.7 Å². The van der Waals surface area contributed by atoms with Gasteiger partial charge in [0.1, 0.15) is 22.9 Å². The minimum absolute atomic E-state index is 0.0186. The van der Waals surface area contributed by atoms with Crippen LogP contribution in [0.2, 0.25) is 10.0 Å². The molecule has 58 heavy (non-hydrogen) atoms. The lowest BCUT2D eigenvalue weighted by Crippen LogP contribution is -2.43.